The first-order chi connectivity index (χ1) is 8.78. The molecule has 3 N–H and O–H groups in total. The number of nitrogen functional groups attached to an aromatic ring is 1. The van der Waals surface area contributed by atoms with Crippen LogP contribution in [0.3, 0.4) is 0 Å². The number of carbonyl (C=O) groups is 1. The largest absolute Gasteiger partial charge is 0.411 e. The molecule has 1 amide bonds. The summed E-state index contributed by atoms with van der Waals surface area (Å²) in [5, 5.41) is 2.70. The van der Waals surface area contributed by atoms with Crippen LogP contribution in [0.1, 0.15) is 6.42 Å². The van der Waals surface area contributed by atoms with Gasteiger partial charge in [-0.3, -0.25) is 4.79 Å². The minimum atomic E-state index is -4.39. The second kappa shape index (κ2) is 6.63. The number of nitrogens with one attached hydrogen (secondary N) is 1. The average Bonchev–Trinajstić information content (AvgIpc) is 2.27. The Morgan fingerprint density at radius 3 is 2.68 bits per heavy atom. The summed E-state index contributed by atoms with van der Waals surface area (Å²) in [6.07, 6.45) is -4.59. The standard InChI is InChI=1S/C11H12ClF3N2O2/c12-8-5-7(16)1-2-9(8)17-10(18)3-4-19-6-11(13,14)15/h1-2,5H,3-4,6,16H2,(H,17,18). The lowest BCUT2D eigenvalue weighted by molar-refractivity contribution is -0.174. The Morgan fingerprint density at radius 1 is 1.42 bits per heavy atom. The van der Waals surface area contributed by atoms with Crippen molar-refractivity contribution in [1.82, 2.24) is 0 Å². The molecule has 106 valence electrons. The number of anilines is 2. The summed E-state index contributed by atoms with van der Waals surface area (Å²) in [4.78, 5) is 11.4. The highest BCUT2D eigenvalue weighted by atomic mass is 35.5. The molecular formula is C11H12ClF3N2O2. The van der Waals surface area contributed by atoms with Gasteiger partial charge in [-0.25, -0.2) is 0 Å². The maximum atomic E-state index is 11.8. The lowest BCUT2D eigenvalue weighted by Crippen LogP contribution is -2.20. The van der Waals surface area contributed by atoms with Gasteiger partial charge in [-0.2, -0.15) is 13.2 Å². The van der Waals surface area contributed by atoms with Crippen molar-refractivity contribution in [2.45, 2.75) is 12.6 Å². The molecule has 0 saturated carbocycles. The van der Waals surface area contributed by atoms with E-state index >= 15 is 0 Å². The number of rotatable bonds is 5. The second-order valence-electron chi connectivity index (χ2n) is 3.71. The van der Waals surface area contributed by atoms with E-state index in [9.17, 15) is 18.0 Å². The molecule has 8 heteroatoms. The van der Waals surface area contributed by atoms with Crippen LogP contribution in [0, 0.1) is 0 Å². The minimum Gasteiger partial charge on any atom is -0.399 e. The van der Waals surface area contributed by atoms with Crippen LogP contribution < -0.4 is 11.1 Å². The number of halogens is 4. The van der Waals surface area contributed by atoms with Gasteiger partial charge in [0.15, 0.2) is 0 Å². The third-order valence-electron chi connectivity index (χ3n) is 2.01. The monoisotopic (exact) mass is 296 g/mol. The zero-order valence-electron chi connectivity index (χ0n) is 9.76. The SMILES string of the molecule is Nc1ccc(NC(=O)CCOCC(F)(F)F)c(Cl)c1. The van der Waals surface area contributed by atoms with Crippen LogP contribution in [0.2, 0.25) is 5.02 Å². The Bertz CT molecular complexity index is 452. The summed E-state index contributed by atoms with van der Waals surface area (Å²) in [5.41, 5.74) is 6.26. The lowest BCUT2D eigenvalue weighted by atomic mass is 10.2. The van der Waals surface area contributed by atoms with E-state index in [2.05, 4.69) is 10.1 Å². The maximum absolute atomic E-state index is 11.8. The van der Waals surface area contributed by atoms with Gasteiger partial charge >= 0.3 is 6.18 Å². The summed E-state index contributed by atoms with van der Waals surface area (Å²) in [7, 11) is 0. The van der Waals surface area contributed by atoms with Gasteiger partial charge in [0.05, 0.1) is 23.7 Å². The molecule has 19 heavy (non-hydrogen) atoms. The highest BCUT2D eigenvalue weighted by Gasteiger charge is 2.27. The summed E-state index contributed by atoms with van der Waals surface area (Å²) >= 11 is 5.82. The number of carbonyl (C=O) groups excluding carboxylic acids is 1. The van der Waals surface area contributed by atoms with E-state index in [1.54, 1.807) is 6.07 Å². The number of hydrogen-bond acceptors (Lipinski definition) is 3. The number of alkyl halides is 3. The first-order valence-corrected chi connectivity index (χ1v) is 5.65. The fraction of sp³-hybridized carbons (Fsp3) is 0.364. The van der Waals surface area contributed by atoms with E-state index < -0.39 is 18.7 Å². The van der Waals surface area contributed by atoms with Gasteiger partial charge in [-0.15, -0.1) is 0 Å². The molecule has 4 nitrogen and oxygen atoms in total. The number of amides is 1. The molecule has 0 aliphatic rings. The Kier molecular flexibility index (Phi) is 5.44. The van der Waals surface area contributed by atoms with Crippen LogP contribution in [0.4, 0.5) is 24.5 Å². The van der Waals surface area contributed by atoms with Crippen LogP contribution in [-0.4, -0.2) is 25.3 Å². The van der Waals surface area contributed by atoms with Gasteiger partial charge < -0.3 is 15.8 Å². The summed E-state index contributed by atoms with van der Waals surface area (Å²) < 4.78 is 39.6. The van der Waals surface area contributed by atoms with Crippen LogP contribution >= 0.6 is 11.6 Å². The molecule has 0 aliphatic heterocycles. The third kappa shape index (κ3) is 6.30. The lowest BCUT2D eigenvalue weighted by Gasteiger charge is -2.09. The van der Waals surface area contributed by atoms with Crippen LogP contribution in [0.15, 0.2) is 18.2 Å². The molecule has 1 rings (SSSR count). The Balaban J connectivity index is 2.35. The molecule has 0 bridgehead atoms. The van der Waals surface area contributed by atoms with Gasteiger partial charge in [0.1, 0.15) is 6.61 Å². The van der Waals surface area contributed by atoms with Crippen molar-refractivity contribution >= 4 is 28.9 Å². The third-order valence-corrected chi connectivity index (χ3v) is 2.32. The predicted octanol–water partition coefficient (Wildman–Crippen LogP) is 2.83. The van der Waals surface area contributed by atoms with E-state index in [1.807, 2.05) is 0 Å². The predicted molar refractivity (Wildman–Crippen MR) is 66.0 cm³/mol. The van der Waals surface area contributed by atoms with E-state index in [-0.39, 0.29) is 18.1 Å². The van der Waals surface area contributed by atoms with Gasteiger partial charge in [-0.1, -0.05) is 11.6 Å². The van der Waals surface area contributed by atoms with Crippen molar-refractivity contribution in [2.24, 2.45) is 0 Å². The van der Waals surface area contributed by atoms with E-state index in [0.29, 0.717) is 11.4 Å². The minimum absolute atomic E-state index is 0.198. The van der Waals surface area contributed by atoms with Crippen molar-refractivity contribution in [3.63, 3.8) is 0 Å². The molecule has 0 fully saturated rings. The summed E-state index contributed by atoms with van der Waals surface area (Å²) in [6, 6.07) is 4.51. The zero-order valence-corrected chi connectivity index (χ0v) is 10.5. The first-order valence-electron chi connectivity index (χ1n) is 5.27. The molecule has 1 aromatic carbocycles. The fourth-order valence-corrected chi connectivity index (χ4v) is 1.43. The van der Waals surface area contributed by atoms with E-state index in [4.69, 9.17) is 17.3 Å². The summed E-state index contributed by atoms with van der Waals surface area (Å²) in [6.45, 7) is -1.69. The van der Waals surface area contributed by atoms with Gasteiger partial charge in [0.25, 0.3) is 0 Å². The topological polar surface area (TPSA) is 64.3 Å². The highest BCUT2D eigenvalue weighted by molar-refractivity contribution is 6.34. The van der Waals surface area contributed by atoms with Crippen molar-refractivity contribution in [1.29, 1.82) is 0 Å². The van der Waals surface area contributed by atoms with Crippen LogP contribution in [-0.2, 0) is 9.53 Å². The van der Waals surface area contributed by atoms with Gasteiger partial charge in [-0.05, 0) is 18.2 Å². The molecule has 0 aliphatic carbocycles. The average molecular weight is 297 g/mol. The first kappa shape index (κ1) is 15.6. The smallest absolute Gasteiger partial charge is 0.399 e. The molecule has 0 radical (unpaired) electrons. The van der Waals surface area contributed by atoms with Crippen LogP contribution in [0.5, 0.6) is 0 Å². The highest BCUT2D eigenvalue weighted by Crippen LogP contribution is 2.24. The quantitative estimate of drug-likeness (QED) is 0.649. The molecule has 0 saturated heterocycles. The summed E-state index contributed by atoms with van der Waals surface area (Å²) in [5.74, 6) is -0.492. The van der Waals surface area contributed by atoms with Crippen molar-refractivity contribution in [3.05, 3.63) is 23.2 Å². The molecule has 0 aromatic heterocycles. The Morgan fingerprint density at radius 2 is 2.11 bits per heavy atom. The second-order valence-corrected chi connectivity index (χ2v) is 4.11. The van der Waals surface area contributed by atoms with E-state index in [0.717, 1.165) is 0 Å². The molecular weight excluding hydrogens is 285 g/mol. The zero-order chi connectivity index (χ0) is 14.5. The molecule has 0 spiro atoms. The van der Waals surface area contributed by atoms with Gasteiger partial charge in [0, 0.05) is 5.69 Å². The van der Waals surface area contributed by atoms with Gasteiger partial charge in [0.2, 0.25) is 5.91 Å². The maximum Gasteiger partial charge on any atom is 0.411 e. The van der Waals surface area contributed by atoms with E-state index in [1.165, 1.54) is 12.1 Å². The number of hydrogen-bond donors (Lipinski definition) is 2. The van der Waals surface area contributed by atoms with Crippen molar-refractivity contribution in [2.75, 3.05) is 24.3 Å². The number of ether oxygens (including phenoxy) is 1. The Hall–Kier alpha value is -1.47. The number of benzene rings is 1. The Labute approximate surface area is 112 Å². The molecule has 0 atom stereocenters. The molecule has 0 unspecified atom stereocenters. The molecule has 0 heterocycles. The van der Waals surface area contributed by atoms with Crippen molar-refractivity contribution < 1.29 is 22.7 Å². The number of nitrogens with two attached hydrogens (primary N) is 1. The fourth-order valence-electron chi connectivity index (χ4n) is 1.20. The van der Waals surface area contributed by atoms with Crippen molar-refractivity contribution in [3.8, 4) is 0 Å². The van der Waals surface area contributed by atoms with Crippen LogP contribution in [0.25, 0.3) is 0 Å². The molecule has 1 aromatic rings. The normalized spacial score (nSPS) is 11.4.